The summed E-state index contributed by atoms with van der Waals surface area (Å²) in [6, 6.07) is 13.8. The van der Waals surface area contributed by atoms with Gasteiger partial charge >= 0.3 is 5.97 Å². The lowest BCUT2D eigenvalue weighted by atomic mass is 9.95. The van der Waals surface area contributed by atoms with Gasteiger partial charge in [-0.25, -0.2) is 0 Å². The van der Waals surface area contributed by atoms with Crippen LogP contribution in [-0.2, 0) is 16.0 Å². The molecule has 0 atom stereocenters. The second-order valence-electron chi connectivity index (χ2n) is 7.83. The molecule has 0 N–H and O–H groups in total. The molecular weight excluding hydrogens is 588 g/mol. The molecule has 0 radical (unpaired) electrons. The van der Waals surface area contributed by atoms with E-state index in [9.17, 15) is 9.59 Å². The molecule has 0 saturated heterocycles. The molecular formula is C26H23Br2ClO5. The van der Waals surface area contributed by atoms with Gasteiger partial charge in [0.05, 0.1) is 35.1 Å². The summed E-state index contributed by atoms with van der Waals surface area (Å²) in [5.74, 6) is 0.964. The van der Waals surface area contributed by atoms with E-state index in [2.05, 4.69) is 31.9 Å². The van der Waals surface area contributed by atoms with Gasteiger partial charge in [0.15, 0.2) is 11.5 Å². The molecule has 0 aromatic heterocycles. The molecule has 0 heterocycles. The van der Waals surface area contributed by atoms with Crippen LogP contribution in [0.4, 0.5) is 0 Å². The minimum Gasteiger partial charge on any atom is -0.496 e. The molecule has 178 valence electrons. The molecule has 0 saturated carbocycles. The Balaban J connectivity index is 2.12. The van der Waals surface area contributed by atoms with E-state index in [1.165, 1.54) is 7.11 Å². The normalized spacial score (nSPS) is 10.8. The highest BCUT2D eigenvalue weighted by Gasteiger charge is 2.23. The first-order chi connectivity index (χ1) is 16.1. The molecule has 5 nitrogen and oxygen atoms in total. The van der Waals surface area contributed by atoms with Crippen LogP contribution in [0.1, 0.15) is 46.8 Å². The van der Waals surface area contributed by atoms with Crippen molar-refractivity contribution in [3.05, 3.63) is 84.8 Å². The second-order valence-corrected chi connectivity index (χ2v) is 9.97. The second kappa shape index (κ2) is 11.4. The molecule has 3 aromatic rings. The first-order valence-electron chi connectivity index (χ1n) is 10.4. The van der Waals surface area contributed by atoms with Crippen molar-refractivity contribution in [2.45, 2.75) is 26.2 Å². The monoisotopic (exact) mass is 608 g/mol. The van der Waals surface area contributed by atoms with Crippen molar-refractivity contribution in [3.63, 3.8) is 0 Å². The third-order valence-electron chi connectivity index (χ3n) is 5.13. The lowest BCUT2D eigenvalue weighted by Crippen LogP contribution is -2.07. The van der Waals surface area contributed by atoms with E-state index in [-0.39, 0.29) is 24.1 Å². The summed E-state index contributed by atoms with van der Waals surface area (Å²) in [7, 11) is 2.92. The maximum atomic E-state index is 13.5. The fraction of sp³-hybridized carbons (Fsp3) is 0.231. The van der Waals surface area contributed by atoms with Crippen molar-refractivity contribution >= 4 is 55.2 Å². The predicted octanol–water partition coefficient (Wildman–Crippen LogP) is 7.74. The molecule has 0 unspecified atom stereocenters. The minimum absolute atomic E-state index is 0.118. The highest BCUT2D eigenvalue weighted by Crippen LogP contribution is 2.42. The molecule has 3 rings (SSSR count). The molecule has 34 heavy (non-hydrogen) atoms. The number of ketones is 1. The largest absolute Gasteiger partial charge is 0.496 e. The topological polar surface area (TPSA) is 61.8 Å². The van der Waals surface area contributed by atoms with Gasteiger partial charge in [0.2, 0.25) is 0 Å². The molecule has 0 amide bonds. The quantitative estimate of drug-likeness (QED) is 0.193. The zero-order chi connectivity index (χ0) is 25.0. The summed E-state index contributed by atoms with van der Waals surface area (Å²) in [6.07, 6.45) is 0.118. The van der Waals surface area contributed by atoms with E-state index in [0.717, 1.165) is 11.1 Å². The fourth-order valence-electron chi connectivity index (χ4n) is 3.41. The van der Waals surface area contributed by atoms with Crippen LogP contribution < -0.4 is 9.47 Å². The average molecular weight is 611 g/mol. The molecule has 3 aromatic carbocycles. The first kappa shape index (κ1) is 26.3. The Bertz CT molecular complexity index is 1220. The van der Waals surface area contributed by atoms with Crippen molar-refractivity contribution in [1.82, 2.24) is 0 Å². The van der Waals surface area contributed by atoms with Crippen LogP contribution in [0.5, 0.6) is 17.2 Å². The van der Waals surface area contributed by atoms with Crippen molar-refractivity contribution in [3.8, 4) is 17.2 Å². The highest BCUT2D eigenvalue weighted by molar-refractivity contribution is 9.11. The Morgan fingerprint density at radius 1 is 0.971 bits per heavy atom. The van der Waals surface area contributed by atoms with Crippen LogP contribution in [0.2, 0.25) is 5.02 Å². The molecule has 8 heteroatoms. The van der Waals surface area contributed by atoms with E-state index in [1.54, 1.807) is 49.6 Å². The van der Waals surface area contributed by atoms with Crippen molar-refractivity contribution in [2.24, 2.45) is 0 Å². The number of benzene rings is 3. The standard InChI is InChI=1S/C26H23Br2ClO5/c1-14(2)18-12-23(34-26-20(27)8-15(9-21(26)28)10-24(30)33-4)19(13-22(18)32-3)25(31)16-6-5-7-17(29)11-16/h5-9,11-14H,10H2,1-4H3. The smallest absolute Gasteiger partial charge is 0.309 e. The fourth-order valence-corrected chi connectivity index (χ4v) is 5.04. The molecule has 0 bridgehead atoms. The maximum absolute atomic E-state index is 13.5. The van der Waals surface area contributed by atoms with Crippen LogP contribution in [0.15, 0.2) is 57.5 Å². The van der Waals surface area contributed by atoms with Gasteiger partial charge < -0.3 is 14.2 Å². The van der Waals surface area contributed by atoms with Crippen molar-refractivity contribution < 1.29 is 23.8 Å². The summed E-state index contributed by atoms with van der Waals surface area (Å²) in [4.78, 5) is 25.1. The SMILES string of the molecule is COC(=O)Cc1cc(Br)c(Oc2cc(C(C)C)c(OC)cc2C(=O)c2cccc(Cl)c2)c(Br)c1. The summed E-state index contributed by atoms with van der Waals surface area (Å²) in [5.41, 5.74) is 2.41. The number of carbonyl (C=O) groups is 2. The number of hydrogen-bond acceptors (Lipinski definition) is 5. The summed E-state index contributed by atoms with van der Waals surface area (Å²) in [6.45, 7) is 4.07. The van der Waals surface area contributed by atoms with E-state index in [0.29, 0.717) is 42.3 Å². The summed E-state index contributed by atoms with van der Waals surface area (Å²) in [5, 5.41) is 0.464. The van der Waals surface area contributed by atoms with E-state index < -0.39 is 0 Å². The van der Waals surface area contributed by atoms with Gasteiger partial charge in [0.1, 0.15) is 11.5 Å². The van der Waals surface area contributed by atoms with Crippen LogP contribution >= 0.6 is 43.5 Å². The van der Waals surface area contributed by atoms with Crippen LogP contribution in [0.25, 0.3) is 0 Å². The van der Waals surface area contributed by atoms with Gasteiger partial charge in [0, 0.05) is 16.1 Å². The van der Waals surface area contributed by atoms with Gasteiger partial charge in [-0.1, -0.05) is 37.6 Å². The number of ether oxygens (including phenoxy) is 3. The molecule has 0 aliphatic carbocycles. The van der Waals surface area contributed by atoms with Crippen molar-refractivity contribution in [1.29, 1.82) is 0 Å². The number of rotatable bonds is 8. The lowest BCUT2D eigenvalue weighted by Gasteiger charge is -2.19. The number of halogens is 3. The number of methoxy groups -OCH3 is 2. The van der Waals surface area contributed by atoms with Gasteiger partial charge in [-0.3, -0.25) is 9.59 Å². The van der Waals surface area contributed by atoms with Crippen LogP contribution in [0, 0.1) is 0 Å². The lowest BCUT2D eigenvalue weighted by molar-refractivity contribution is -0.139. The average Bonchev–Trinajstić information content (AvgIpc) is 2.80. The molecule has 0 aliphatic heterocycles. The van der Waals surface area contributed by atoms with E-state index in [1.807, 2.05) is 19.9 Å². The Morgan fingerprint density at radius 3 is 2.21 bits per heavy atom. The Hall–Kier alpha value is -2.35. The Labute approximate surface area is 220 Å². The van der Waals surface area contributed by atoms with Gasteiger partial charge in [-0.15, -0.1) is 0 Å². The number of hydrogen-bond donors (Lipinski definition) is 0. The molecule has 0 fully saturated rings. The highest BCUT2D eigenvalue weighted by atomic mass is 79.9. The number of esters is 1. The third kappa shape index (κ3) is 6.01. The Kier molecular flexibility index (Phi) is 8.79. The van der Waals surface area contributed by atoms with Crippen molar-refractivity contribution in [2.75, 3.05) is 14.2 Å². The Morgan fingerprint density at radius 2 is 1.65 bits per heavy atom. The first-order valence-corrected chi connectivity index (χ1v) is 12.4. The zero-order valence-electron chi connectivity index (χ0n) is 19.1. The minimum atomic E-state index is -0.349. The maximum Gasteiger partial charge on any atom is 0.309 e. The van der Waals surface area contributed by atoms with Crippen LogP contribution in [-0.4, -0.2) is 26.0 Å². The summed E-state index contributed by atoms with van der Waals surface area (Å²) >= 11 is 13.2. The zero-order valence-corrected chi connectivity index (χ0v) is 23.0. The molecule has 0 aliphatic rings. The van der Waals surface area contributed by atoms with Gasteiger partial charge in [-0.05, 0) is 79.7 Å². The third-order valence-corrected chi connectivity index (χ3v) is 6.54. The van der Waals surface area contributed by atoms with Gasteiger partial charge in [-0.2, -0.15) is 0 Å². The van der Waals surface area contributed by atoms with Crippen LogP contribution in [0.3, 0.4) is 0 Å². The molecule has 0 spiro atoms. The number of carbonyl (C=O) groups excluding carboxylic acids is 2. The summed E-state index contributed by atoms with van der Waals surface area (Å²) < 4.78 is 17.9. The van der Waals surface area contributed by atoms with Gasteiger partial charge in [0.25, 0.3) is 0 Å². The van der Waals surface area contributed by atoms with E-state index in [4.69, 9.17) is 25.8 Å². The predicted molar refractivity (Wildman–Crippen MR) is 140 cm³/mol. The van der Waals surface area contributed by atoms with E-state index >= 15 is 0 Å².